The number of phosphoric acid groups is 2. The van der Waals surface area contributed by atoms with Crippen molar-refractivity contribution in [3.8, 4) is 0 Å². The van der Waals surface area contributed by atoms with Crippen LogP contribution in [0.25, 0.3) is 0 Å². The van der Waals surface area contributed by atoms with E-state index in [1.807, 2.05) is 0 Å². The van der Waals surface area contributed by atoms with Crippen molar-refractivity contribution in [2.24, 2.45) is 0 Å². The largest absolute Gasteiger partial charge is 0.790 e. The molecule has 1 aliphatic rings. The summed E-state index contributed by atoms with van der Waals surface area (Å²) >= 11 is 0. The molecule has 0 aromatic carbocycles. The number of carbonyl (C=O) groups is 2. The smallest absolute Gasteiger partial charge is 0.306 e. The number of aliphatic hydroxyl groups excluding tert-OH is 4. The summed E-state index contributed by atoms with van der Waals surface area (Å²) in [4.78, 5) is 60.4. The first kappa shape index (κ1) is 56.0. The maximum Gasteiger partial charge on any atom is 0.306 e. The first-order valence-electron chi connectivity index (χ1n) is 22.5. The van der Waals surface area contributed by atoms with E-state index >= 15 is 0 Å². The Kier molecular flexibility index (Phi) is 31.8. The van der Waals surface area contributed by atoms with Gasteiger partial charge in [-0.2, -0.15) is 0 Å². The van der Waals surface area contributed by atoms with Gasteiger partial charge in [-0.05, 0) is 12.8 Å². The van der Waals surface area contributed by atoms with Gasteiger partial charge in [-0.15, -0.1) is 0 Å². The van der Waals surface area contributed by atoms with Gasteiger partial charge in [-0.3, -0.25) is 14.2 Å². The van der Waals surface area contributed by atoms with Crippen molar-refractivity contribution in [3.63, 3.8) is 0 Å². The Labute approximate surface area is 353 Å². The van der Waals surface area contributed by atoms with E-state index in [1.165, 1.54) is 103 Å². The lowest BCUT2D eigenvalue weighted by molar-refractivity contribution is -0.353. The molecule has 0 aromatic heterocycles. The number of rotatable bonds is 38. The predicted molar refractivity (Wildman–Crippen MR) is 216 cm³/mol. The Balaban J connectivity index is 2.61. The highest BCUT2D eigenvalue weighted by Gasteiger charge is 2.51. The van der Waals surface area contributed by atoms with Crippen LogP contribution in [0.15, 0.2) is 0 Å². The number of aliphatic hydroxyl groups is 4. The summed E-state index contributed by atoms with van der Waals surface area (Å²) in [5.74, 6) is -1.25. The first-order chi connectivity index (χ1) is 28.1. The molecule has 1 aliphatic carbocycles. The van der Waals surface area contributed by atoms with Gasteiger partial charge in [-0.25, -0.2) is 0 Å². The van der Waals surface area contributed by atoms with E-state index in [4.69, 9.17) is 18.5 Å². The third-order valence-electron chi connectivity index (χ3n) is 10.7. The molecule has 16 nitrogen and oxygen atoms in total. The normalized spacial score (nSPS) is 22.5. The van der Waals surface area contributed by atoms with Crippen LogP contribution in [0.1, 0.15) is 194 Å². The lowest BCUT2D eigenvalue weighted by atomic mass is 9.85. The quantitative estimate of drug-likeness (QED) is 0.0317. The summed E-state index contributed by atoms with van der Waals surface area (Å²) in [6.45, 7) is 2.97. The fourth-order valence-electron chi connectivity index (χ4n) is 7.13. The summed E-state index contributed by atoms with van der Waals surface area (Å²) < 4.78 is 48.3. The molecule has 0 bridgehead atoms. The van der Waals surface area contributed by atoms with Gasteiger partial charge in [0.25, 0.3) is 7.82 Å². The number of esters is 2. The molecule has 0 spiro atoms. The monoisotopic (exact) mass is 887 g/mol. The van der Waals surface area contributed by atoms with Crippen LogP contribution in [0.5, 0.6) is 0 Å². The number of phosphoric ester groups is 2. The van der Waals surface area contributed by atoms with Crippen molar-refractivity contribution in [2.45, 2.75) is 236 Å². The van der Waals surface area contributed by atoms with Crippen LogP contribution in [-0.4, -0.2) is 88.3 Å². The van der Waals surface area contributed by atoms with Crippen LogP contribution in [0.3, 0.4) is 0 Å². The lowest BCUT2D eigenvalue weighted by Crippen LogP contribution is -2.65. The number of carbonyl (C=O) groups excluding carboxylic acids is 2. The van der Waals surface area contributed by atoms with Crippen LogP contribution in [0.2, 0.25) is 0 Å². The minimum absolute atomic E-state index is 0.0258. The zero-order valence-corrected chi connectivity index (χ0v) is 37.6. The minimum Gasteiger partial charge on any atom is -0.790 e. The number of hydrogen-bond donors (Lipinski definition) is 4. The standard InChI is InChI=1S/C41H80O16P2/c1-3-5-7-9-11-13-15-17-19-21-23-25-27-29-34(42)53-31-33(55-35(43)30-28-26-24-22-20-18-16-14-12-10-8-6-4-2)32-54-59(51,52)57-41-38(46)36(44)37(45)40(39(41)47)56-58(48,49)50/h33,36-41,44-47H,3-32H2,1-2H3,(H,51,52)(H2,48,49,50)/p-3/t33-,36+,37+,38-,39-,40-,41+/m1/s1. The van der Waals surface area contributed by atoms with Gasteiger partial charge in [0, 0.05) is 12.8 Å². The van der Waals surface area contributed by atoms with Crippen molar-refractivity contribution in [2.75, 3.05) is 13.2 Å². The first-order valence-corrected chi connectivity index (χ1v) is 25.5. The number of unbranched alkanes of at least 4 members (excludes halogenated alkanes) is 24. The SMILES string of the molecule is CCCCCCCCCCCCCCCC(=O)OC[C@H](COP(=O)([O-])O[C@@H]1[C@H](O)[C@H](OP(=O)([O-])[O-])[C@@H](O)[C@H](O)[C@H]1O)OC(=O)CCCCCCCCCCCCCCC. The van der Waals surface area contributed by atoms with Gasteiger partial charge in [0.15, 0.2) is 6.10 Å². The Morgan fingerprint density at radius 1 is 0.492 bits per heavy atom. The summed E-state index contributed by atoms with van der Waals surface area (Å²) in [6, 6.07) is 0. The molecule has 1 saturated carbocycles. The van der Waals surface area contributed by atoms with Gasteiger partial charge in [0.05, 0.1) is 14.4 Å². The highest BCUT2D eigenvalue weighted by molar-refractivity contribution is 7.45. The van der Waals surface area contributed by atoms with E-state index in [-0.39, 0.29) is 12.8 Å². The average molecular weight is 888 g/mol. The van der Waals surface area contributed by atoms with Gasteiger partial charge in [0.1, 0.15) is 43.2 Å². The van der Waals surface area contributed by atoms with Gasteiger partial charge >= 0.3 is 11.9 Å². The second-order valence-corrected chi connectivity index (χ2v) is 18.5. The zero-order valence-electron chi connectivity index (χ0n) is 35.8. The predicted octanol–water partition coefficient (Wildman–Crippen LogP) is 5.95. The molecule has 1 fully saturated rings. The molecule has 4 N–H and O–H groups in total. The molecule has 0 saturated heterocycles. The maximum absolute atomic E-state index is 12.8. The van der Waals surface area contributed by atoms with Crippen LogP contribution < -0.4 is 14.7 Å². The molecule has 59 heavy (non-hydrogen) atoms. The van der Waals surface area contributed by atoms with Crippen molar-refractivity contribution in [3.05, 3.63) is 0 Å². The number of hydrogen-bond acceptors (Lipinski definition) is 16. The van der Waals surface area contributed by atoms with E-state index in [0.717, 1.165) is 51.4 Å². The van der Waals surface area contributed by atoms with E-state index in [9.17, 15) is 53.8 Å². The third kappa shape index (κ3) is 28.3. The Bertz CT molecular complexity index is 1170. The Morgan fingerprint density at radius 3 is 1.24 bits per heavy atom. The fourth-order valence-corrected chi connectivity index (χ4v) is 8.63. The van der Waals surface area contributed by atoms with Crippen LogP contribution in [0, 0.1) is 0 Å². The molecule has 0 radical (unpaired) electrons. The highest BCUT2D eigenvalue weighted by Crippen LogP contribution is 2.45. The van der Waals surface area contributed by atoms with Crippen molar-refractivity contribution < 1.29 is 76.9 Å². The molecule has 1 rings (SSSR count). The van der Waals surface area contributed by atoms with E-state index in [0.29, 0.717) is 12.8 Å². The molecule has 350 valence electrons. The summed E-state index contributed by atoms with van der Waals surface area (Å²) in [5, 5.41) is 40.9. The third-order valence-corrected chi connectivity index (χ3v) is 12.1. The Hall–Kier alpha value is -1.00. The molecule has 0 aromatic rings. The van der Waals surface area contributed by atoms with E-state index in [2.05, 4.69) is 18.4 Å². The molecule has 1 unspecified atom stereocenters. The molecule has 0 heterocycles. The zero-order chi connectivity index (χ0) is 43.9. The van der Waals surface area contributed by atoms with Crippen molar-refractivity contribution >= 4 is 27.6 Å². The molecular weight excluding hydrogens is 810 g/mol. The van der Waals surface area contributed by atoms with Crippen LogP contribution in [-0.2, 0) is 41.8 Å². The number of ether oxygens (including phenoxy) is 2. The molecular formula is C41H77O16P2-3. The second-order valence-electron chi connectivity index (χ2n) is 16.1. The molecule has 0 amide bonds. The lowest BCUT2D eigenvalue weighted by Gasteiger charge is -2.47. The fraction of sp³-hybridized carbons (Fsp3) is 0.951. The van der Waals surface area contributed by atoms with Crippen LogP contribution in [0.4, 0.5) is 0 Å². The summed E-state index contributed by atoms with van der Waals surface area (Å²) in [5.41, 5.74) is 0. The van der Waals surface area contributed by atoms with Gasteiger partial charge < -0.3 is 62.7 Å². The highest BCUT2D eigenvalue weighted by atomic mass is 31.2. The van der Waals surface area contributed by atoms with Crippen LogP contribution >= 0.6 is 15.6 Å². The Morgan fingerprint density at radius 2 is 0.847 bits per heavy atom. The summed E-state index contributed by atoms with van der Waals surface area (Å²) in [6.07, 6.45) is 14.0. The van der Waals surface area contributed by atoms with Crippen molar-refractivity contribution in [1.82, 2.24) is 0 Å². The average Bonchev–Trinajstić information content (AvgIpc) is 3.18. The summed E-state index contributed by atoms with van der Waals surface area (Å²) in [7, 11) is -11.4. The molecule has 0 aliphatic heterocycles. The molecule has 18 heteroatoms. The van der Waals surface area contributed by atoms with E-state index in [1.54, 1.807) is 0 Å². The minimum atomic E-state index is -5.87. The van der Waals surface area contributed by atoms with Crippen molar-refractivity contribution in [1.29, 1.82) is 0 Å². The van der Waals surface area contributed by atoms with Gasteiger partial charge in [0.2, 0.25) is 0 Å². The van der Waals surface area contributed by atoms with E-state index < -0.39 is 83.5 Å². The van der Waals surface area contributed by atoms with Gasteiger partial charge in [-0.1, -0.05) is 168 Å². The molecule has 8 atom stereocenters. The topological polar surface area (TPSA) is 265 Å². The second kappa shape index (κ2) is 33.5. The maximum atomic E-state index is 12.8.